The zero-order valence-corrected chi connectivity index (χ0v) is 16.1. The summed E-state index contributed by atoms with van der Waals surface area (Å²) in [6.45, 7) is 6.63. The van der Waals surface area contributed by atoms with Gasteiger partial charge in [0.05, 0.1) is 12.1 Å². The number of rotatable bonds is 5. The number of carbonyl (C=O) groups is 1. The van der Waals surface area contributed by atoms with Gasteiger partial charge in [-0.3, -0.25) is 10.1 Å². The molecule has 2 aromatic heterocycles. The van der Waals surface area contributed by atoms with Crippen molar-refractivity contribution in [2.75, 3.05) is 11.9 Å². The van der Waals surface area contributed by atoms with Crippen LogP contribution in [0.25, 0.3) is 22.1 Å². The number of carbonyl (C=O) groups excluding carboxylic acids is 1. The number of aryl methyl sites for hydroxylation is 2. The average molecular weight is 375 g/mol. The van der Waals surface area contributed by atoms with Gasteiger partial charge in [-0.2, -0.15) is 4.98 Å². The van der Waals surface area contributed by atoms with E-state index in [9.17, 15) is 4.79 Å². The standard InChI is InChI=1S/C21H21N5O2/c1-13-11-14(2)19-17(12-13)18-20(23-21(25-24-18)22-15(3)27)26(19)9-10-28-16-7-5-4-6-8-16/h4-8,11-12H,9-10H2,1-3H3,(H,22,23,25,27). The first-order valence-electron chi connectivity index (χ1n) is 9.12. The molecular formula is C21H21N5O2. The molecule has 0 fully saturated rings. The van der Waals surface area contributed by atoms with E-state index in [1.54, 1.807) is 0 Å². The minimum atomic E-state index is -0.233. The van der Waals surface area contributed by atoms with Gasteiger partial charge in [-0.1, -0.05) is 29.8 Å². The van der Waals surface area contributed by atoms with Gasteiger partial charge in [0.1, 0.15) is 17.9 Å². The van der Waals surface area contributed by atoms with Crippen LogP contribution in [0.4, 0.5) is 5.95 Å². The third kappa shape index (κ3) is 3.38. The van der Waals surface area contributed by atoms with Gasteiger partial charge in [0.15, 0.2) is 5.65 Å². The highest BCUT2D eigenvalue weighted by Crippen LogP contribution is 2.30. The van der Waals surface area contributed by atoms with E-state index in [1.807, 2.05) is 30.3 Å². The largest absolute Gasteiger partial charge is 0.492 e. The minimum Gasteiger partial charge on any atom is -0.492 e. The Labute approximate surface area is 162 Å². The van der Waals surface area contributed by atoms with E-state index < -0.39 is 0 Å². The first-order chi connectivity index (χ1) is 13.5. The van der Waals surface area contributed by atoms with E-state index in [1.165, 1.54) is 6.92 Å². The van der Waals surface area contributed by atoms with E-state index in [0.717, 1.165) is 33.3 Å². The lowest BCUT2D eigenvalue weighted by molar-refractivity contribution is -0.114. The third-order valence-electron chi connectivity index (χ3n) is 4.51. The molecule has 1 amide bonds. The van der Waals surface area contributed by atoms with Gasteiger partial charge in [0.25, 0.3) is 5.95 Å². The van der Waals surface area contributed by atoms with E-state index in [-0.39, 0.29) is 11.9 Å². The number of aromatic nitrogens is 4. The molecule has 0 saturated heterocycles. The molecule has 0 aliphatic heterocycles. The van der Waals surface area contributed by atoms with Crippen LogP contribution in [0.5, 0.6) is 5.75 Å². The van der Waals surface area contributed by atoms with Crippen molar-refractivity contribution >= 4 is 33.9 Å². The summed E-state index contributed by atoms with van der Waals surface area (Å²) in [5.74, 6) is 0.785. The Balaban J connectivity index is 1.79. The van der Waals surface area contributed by atoms with Crippen LogP contribution in [0.15, 0.2) is 42.5 Å². The molecule has 0 aliphatic carbocycles. The number of benzene rings is 2. The number of anilines is 1. The normalized spacial score (nSPS) is 11.1. The summed E-state index contributed by atoms with van der Waals surface area (Å²) in [7, 11) is 0. The smallest absolute Gasteiger partial charge is 0.251 e. The Morgan fingerprint density at radius 2 is 1.93 bits per heavy atom. The molecule has 28 heavy (non-hydrogen) atoms. The highest BCUT2D eigenvalue weighted by molar-refractivity contribution is 6.06. The van der Waals surface area contributed by atoms with Gasteiger partial charge >= 0.3 is 0 Å². The molecule has 0 saturated carbocycles. The van der Waals surface area contributed by atoms with Crippen LogP contribution in [0.1, 0.15) is 18.1 Å². The van der Waals surface area contributed by atoms with Crippen molar-refractivity contribution in [2.45, 2.75) is 27.3 Å². The highest BCUT2D eigenvalue weighted by Gasteiger charge is 2.17. The second kappa shape index (κ2) is 7.26. The van der Waals surface area contributed by atoms with Crippen LogP contribution in [0.3, 0.4) is 0 Å². The van der Waals surface area contributed by atoms with E-state index in [2.05, 4.69) is 51.0 Å². The number of nitrogens with one attached hydrogen (secondary N) is 1. The van der Waals surface area contributed by atoms with Gasteiger partial charge in [-0.15, -0.1) is 10.2 Å². The average Bonchev–Trinajstić information content (AvgIpc) is 2.95. The van der Waals surface area contributed by atoms with Crippen LogP contribution in [0.2, 0.25) is 0 Å². The fourth-order valence-electron chi connectivity index (χ4n) is 3.48. The van der Waals surface area contributed by atoms with Crippen LogP contribution in [0, 0.1) is 13.8 Å². The summed E-state index contributed by atoms with van der Waals surface area (Å²) in [6, 6.07) is 13.9. The monoisotopic (exact) mass is 375 g/mol. The maximum absolute atomic E-state index is 11.4. The molecule has 142 valence electrons. The van der Waals surface area contributed by atoms with E-state index in [4.69, 9.17) is 4.74 Å². The summed E-state index contributed by atoms with van der Waals surface area (Å²) in [5, 5.41) is 12.0. The highest BCUT2D eigenvalue weighted by atomic mass is 16.5. The second-order valence-corrected chi connectivity index (χ2v) is 6.78. The number of ether oxygens (including phenoxy) is 1. The van der Waals surface area contributed by atoms with Crippen molar-refractivity contribution in [3.8, 4) is 5.75 Å². The van der Waals surface area contributed by atoms with Gasteiger partial charge in [0.2, 0.25) is 5.91 Å². The van der Waals surface area contributed by atoms with Crippen molar-refractivity contribution in [1.82, 2.24) is 19.7 Å². The lowest BCUT2D eigenvalue weighted by Crippen LogP contribution is -2.12. The maximum Gasteiger partial charge on any atom is 0.251 e. The van der Waals surface area contributed by atoms with Gasteiger partial charge in [-0.25, -0.2) is 0 Å². The SMILES string of the molecule is CC(=O)Nc1nnc2c3cc(C)cc(C)c3n(CCOc3ccccc3)c2n1. The molecule has 0 atom stereocenters. The first-order valence-corrected chi connectivity index (χ1v) is 9.12. The molecular weight excluding hydrogens is 354 g/mol. The molecule has 7 nitrogen and oxygen atoms in total. The second-order valence-electron chi connectivity index (χ2n) is 6.78. The zero-order chi connectivity index (χ0) is 19.7. The van der Waals surface area contributed by atoms with Crippen molar-refractivity contribution in [2.24, 2.45) is 0 Å². The Kier molecular flexibility index (Phi) is 4.65. The lowest BCUT2D eigenvalue weighted by atomic mass is 10.1. The molecule has 0 aliphatic rings. The Hall–Kier alpha value is -3.48. The number of para-hydroxylation sites is 1. The number of fused-ring (bicyclic) bond motifs is 3. The number of amides is 1. The summed E-state index contributed by atoms with van der Waals surface area (Å²) < 4.78 is 7.97. The fraction of sp³-hybridized carbons (Fsp3) is 0.238. The van der Waals surface area contributed by atoms with E-state index >= 15 is 0 Å². The number of hydrogen-bond donors (Lipinski definition) is 1. The maximum atomic E-state index is 11.4. The van der Waals surface area contributed by atoms with Crippen LogP contribution < -0.4 is 10.1 Å². The topological polar surface area (TPSA) is 81.9 Å². The van der Waals surface area contributed by atoms with Crippen molar-refractivity contribution in [1.29, 1.82) is 0 Å². The fourth-order valence-corrected chi connectivity index (χ4v) is 3.48. The Morgan fingerprint density at radius 3 is 2.68 bits per heavy atom. The van der Waals surface area contributed by atoms with Gasteiger partial charge < -0.3 is 9.30 Å². The molecule has 7 heteroatoms. The van der Waals surface area contributed by atoms with Crippen LogP contribution >= 0.6 is 0 Å². The number of nitrogens with zero attached hydrogens (tertiary/aromatic N) is 4. The predicted molar refractivity (Wildman–Crippen MR) is 109 cm³/mol. The molecule has 0 radical (unpaired) electrons. The van der Waals surface area contributed by atoms with Crippen molar-refractivity contribution in [3.63, 3.8) is 0 Å². The summed E-state index contributed by atoms with van der Waals surface area (Å²) in [4.78, 5) is 15.9. The lowest BCUT2D eigenvalue weighted by Gasteiger charge is -2.11. The van der Waals surface area contributed by atoms with Crippen molar-refractivity contribution in [3.05, 3.63) is 53.6 Å². The Bertz CT molecular complexity index is 1170. The van der Waals surface area contributed by atoms with E-state index in [0.29, 0.717) is 18.8 Å². The molecule has 0 unspecified atom stereocenters. The summed E-state index contributed by atoms with van der Waals surface area (Å²) in [5.41, 5.74) is 4.74. The van der Waals surface area contributed by atoms with Crippen LogP contribution in [-0.2, 0) is 11.3 Å². The number of hydrogen-bond acceptors (Lipinski definition) is 5. The molecule has 4 rings (SSSR count). The molecule has 2 aromatic carbocycles. The summed E-state index contributed by atoms with van der Waals surface area (Å²) in [6.07, 6.45) is 0. The first kappa shape index (κ1) is 17.9. The van der Waals surface area contributed by atoms with Gasteiger partial charge in [0, 0.05) is 12.3 Å². The molecule has 2 heterocycles. The Morgan fingerprint density at radius 1 is 1.14 bits per heavy atom. The van der Waals surface area contributed by atoms with Crippen molar-refractivity contribution < 1.29 is 9.53 Å². The molecule has 1 N–H and O–H groups in total. The molecule has 4 aromatic rings. The van der Waals surface area contributed by atoms with Crippen LogP contribution in [-0.4, -0.2) is 32.3 Å². The summed E-state index contributed by atoms with van der Waals surface area (Å²) >= 11 is 0. The third-order valence-corrected chi connectivity index (χ3v) is 4.51. The molecule has 0 spiro atoms. The zero-order valence-electron chi connectivity index (χ0n) is 16.1. The minimum absolute atomic E-state index is 0.197. The molecule has 0 bridgehead atoms. The predicted octanol–water partition coefficient (Wildman–Crippen LogP) is 3.63. The quantitative estimate of drug-likeness (QED) is 0.576. The van der Waals surface area contributed by atoms with Gasteiger partial charge in [-0.05, 0) is 37.6 Å².